The number of sulfonamides is 1. The van der Waals surface area contributed by atoms with Crippen LogP contribution in [0, 0.1) is 11.8 Å². The second kappa shape index (κ2) is 15.7. The molecule has 2 fully saturated rings. The number of aliphatic hydroxyl groups is 1. The number of nitrogens with one attached hydrogen (secondary N) is 2. The van der Waals surface area contributed by atoms with Crippen molar-refractivity contribution in [3.05, 3.63) is 54.1 Å². The summed E-state index contributed by atoms with van der Waals surface area (Å²) < 4.78 is 62.9. The number of ether oxygens (including phenoxy) is 5. The minimum absolute atomic E-state index is 0.000439. The fourth-order valence-electron chi connectivity index (χ4n) is 5.83. The van der Waals surface area contributed by atoms with Crippen LogP contribution in [0.5, 0.6) is 0 Å². The molecule has 3 heterocycles. The first kappa shape index (κ1) is 35.0. The van der Waals surface area contributed by atoms with Gasteiger partial charge >= 0.3 is 6.09 Å². The molecule has 0 unspecified atom stereocenters. The summed E-state index contributed by atoms with van der Waals surface area (Å²) in [6.45, 7) is 4.83. The van der Waals surface area contributed by atoms with E-state index in [0.29, 0.717) is 30.9 Å². The zero-order chi connectivity index (χ0) is 33.6. The molecular formula is C32H44N4O10S. The molecule has 1 amide bonds. The quantitative estimate of drug-likeness (QED) is 0.190. The van der Waals surface area contributed by atoms with Crippen molar-refractivity contribution in [3.63, 3.8) is 0 Å². The summed E-state index contributed by atoms with van der Waals surface area (Å²) in [5.41, 5.74) is 1.65. The summed E-state index contributed by atoms with van der Waals surface area (Å²) in [5, 5.41) is 17.2. The van der Waals surface area contributed by atoms with Gasteiger partial charge in [-0.3, -0.25) is 0 Å². The topological polar surface area (TPSA) is 171 Å². The van der Waals surface area contributed by atoms with Gasteiger partial charge in [0.05, 0.1) is 55.5 Å². The zero-order valence-electron chi connectivity index (χ0n) is 27.0. The number of amides is 1. The van der Waals surface area contributed by atoms with Crippen LogP contribution in [-0.2, 0) is 40.1 Å². The Morgan fingerprint density at radius 1 is 1.09 bits per heavy atom. The third-order valence-corrected chi connectivity index (χ3v) is 9.96. The number of benzene rings is 2. The fraction of sp³-hybridized carbons (Fsp3) is 0.562. The lowest BCUT2D eigenvalue weighted by molar-refractivity contribution is -0.0916. The number of hydrogen-bond donors (Lipinski definition) is 3. The Morgan fingerprint density at radius 3 is 2.53 bits per heavy atom. The van der Waals surface area contributed by atoms with E-state index in [0.717, 1.165) is 5.56 Å². The first-order valence-corrected chi connectivity index (χ1v) is 17.1. The molecule has 0 saturated carbocycles. The molecule has 5 rings (SSSR count). The van der Waals surface area contributed by atoms with E-state index in [1.165, 1.54) is 16.4 Å². The molecule has 14 nitrogen and oxygen atoms in total. The van der Waals surface area contributed by atoms with Crippen LogP contribution in [0.15, 0.2) is 57.8 Å². The molecule has 0 bridgehead atoms. The van der Waals surface area contributed by atoms with Crippen LogP contribution in [0.25, 0.3) is 11.1 Å². The average molecular weight is 677 g/mol. The van der Waals surface area contributed by atoms with Crippen LogP contribution in [0.3, 0.4) is 0 Å². The van der Waals surface area contributed by atoms with E-state index in [2.05, 4.69) is 15.6 Å². The maximum absolute atomic E-state index is 14.0. The van der Waals surface area contributed by atoms with Crippen LogP contribution in [-0.4, -0.2) is 113 Å². The number of rotatable bonds is 16. The standard InChI is InChI=1S/C32H44N4O10S/c1-20(2)16-36(47(39,40)22-10-11-23-26(15-22)45-31(33-3)34-23)17-25(37)24(14-21-8-6-5-7-9-21)35-32(38)46-28-19-44-30-29(28)27(18-43-30)42-13-12-41-4/h5-11,15,20,24-25,27-30,37H,12-14,16-19H2,1-4H3,(H,33,34)(H,35,38)/t24-,25+,27-,28-,29-,30+/m0/s1. The predicted molar refractivity (Wildman–Crippen MR) is 171 cm³/mol. The Kier molecular flexibility index (Phi) is 11.7. The van der Waals surface area contributed by atoms with Crippen molar-refractivity contribution in [3.8, 4) is 0 Å². The van der Waals surface area contributed by atoms with Crippen molar-refractivity contribution in [1.29, 1.82) is 0 Å². The maximum atomic E-state index is 14.0. The molecule has 2 aliphatic heterocycles. The largest absolute Gasteiger partial charge is 0.443 e. The molecule has 6 atom stereocenters. The maximum Gasteiger partial charge on any atom is 0.407 e. The fourth-order valence-corrected chi connectivity index (χ4v) is 7.46. The highest BCUT2D eigenvalue weighted by atomic mass is 32.2. The van der Waals surface area contributed by atoms with Gasteiger partial charge in [0.15, 0.2) is 11.9 Å². The monoisotopic (exact) mass is 676 g/mol. The summed E-state index contributed by atoms with van der Waals surface area (Å²) in [6.07, 6.45) is -3.37. The lowest BCUT2D eigenvalue weighted by Gasteiger charge is -2.31. The number of alkyl carbamates (subject to hydrolysis) is 1. The van der Waals surface area contributed by atoms with Crippen molar-refractivity contribution in [2.24, 2.45) is 11.8 Å². The van der Waals surface area contributed by atoms with Gasteiger partial charge in [-0.05, 0) is 30.0 Å². The van der Waals surface area contributed by atoms with E-state index in [4.69, 9.17) is 28.1 Å². The second-order valence-electron chi connectivity index (χ2n) is 12.1. The van der Waals surface area contributed by atoms with Gasteiger partial charge < -0.3 is 43.8 Å². The van der Waals surface area contributed by atoms with Crippen molar-refractivity contribution in [2.45, 2.75) is 55.8 Å². The third-order valence-electron chi connectivity index (χ3n) is 8.14. The Hall–Kier alpha value is -3.31. The van der Waals surface area contributed by atoms with Crippen molar-refractivity contribution in [1.82, 2.24) is 14.6 Å². The number of fused-ring (bicyclic) bond motifs is 2. The van der Waals surface area contributed by atoms with Crippen LogP contribution in [0.2, 0.25) is 0 Å². The van der Waals surface area contributed by atoms with Crippen molar-refractivity contribution in [2.75, 3.05) is 59.0 Å². The molecule has 47 heavy (non-hydrogen) atoms. The molecule has 258 valence electrons. The first-order chi connectivity index (χ1) is 22.6. The Balaban J connectivity index is 1.32. The summed E-state index contributed by atoms with van der Waals surface area (Å²) in [4.78, 5) is 17.6. The number of aromatic nitrogens is 1. The summed E-state index contributed by atoms with van der Waals surface area (Å²) in [5.74, 6) is -0.386. The molecular weight excluding hydrogens is 632 g/mol. The number of methoxy groups -OCH3 is 1. The van der Waals surface area contributed by atoms with Gasteiger partial charge in [-0.2, -0.15) is 9.29 Å². The predicted octanol–water partition coefficient (Wildman–Crippen LogP) is 2.62. The normalized spacial score (nSPS) is 22.4. The van der Waals surface area contributed by atoms with Gasteiger partial charge in [-0.15, -0.1) is 0 Å². The SMILES string of the molecule is CNc1nc2ccc(S(=O)(=O)N(CC(C)C)C[C@@H](O)[C@H](Cc3ccccc3)NC(=O)O[C@H]3CO[C@H]4OC[C@H](OCCOC)[C@H]43)cc2o1. The highest BCUT2D eigenvalue weighted by molar-refractivity contribution is 7.89. The van der Waals surface area contributed by atoms with Crippen LogP contribution >= 0.6 is 0 Å². The number of carbonyl (C=O) groups excluding carboxylic acids is 1. The van der Waals surface area contributed by atoms with Crippen molar-refractivity contribution < 1.29 is 46.4 Å². The summed E-state index contributed by atoms with van der Waals surface area (Å²) in [7, 11) is -0.853. The van der Waals surface area contributed by atoms with E-state index < -0.39 is 40.7 Å². The third kappa shape index (κ3) is 8.59. The smallest absolute Gasteiger partial charge is 0.407 e. The van der Waals surface area contributed by atoms with E-state index >= 15 is 0 Å². The van der Waals surface area contributed by atoms with E-state index in [9.17, 15) is 18.3 Å². The highest BCUT2D eigenvalue weighted by Crippen LogP contribution is 2.35. The number of hydrogen-bond acceptors (Lipinski definition) is 12. The first-order valence-electron chi connectivity index (χ1n) is 15.7. The molecule has 2 aromatic carbocycles. The number of anilines is 1. The van der Waals surface area contributed by atoms with Crippen LogP contribution in [0.1, 0.15) is 19.4 Å². The Morgan fingerprint density at radius 2 is 1.83 bits per heavy atom. The summed E-state index contributed by atoms with van der Waals surface area (Å²) >= 11 is 0. The van der Waals surface area contributed by atoms with Gasteiger partial charge in [0.2, 0.25) is 10.0 Å². The number of carbonyl (C=O) groups is 1. The minimum atomic E-state index is -4.09. The summed E-state index contributed by atoms with van der Waals surface area (Å²) in [6, 6.07) is 13.1. The van der Waals surface area contributed by atoms with Crippen molar-refractivity contribution >= 4 is 33.2 Å². The zero-order valence-corrected chi connectivity index (χ0v) is 27.9. The van der Waals surface area contributed by atoms with Gasteiger partial charge in [0.25, 0.3) is 6.01 Å². The number of oxazole rings is 1. The number of aliphatic hydroxyl groups excluding tert-OH is 1. The highest BCUT2D eigenvalue weighted by Gasteiger charge is 2.50. The molecule has 0 radical (unpaired) electrons. The van der Waals surface area contributed by atoms with Gasteiger partial charge in [0.1, 0.15) is 11.6 Å². The average Bonchev–Trinajstić information content (AvgIpc) is 3.76. The molecule has 0 spiro atoms. The molecule has 3 aromatic rings. The van der Waals surface area contributed by atoms with Crippen LogP contribution < -0.4 is 10.6 Å². The van der Waals surface area contributed by atoms with E-state index in [1.54, 1.807) is 20.2 Å². The van der Waals surface area contributed by atoms with Gasteiger partial charge in [0, 0.05) is 33.3 Å². The molecule has 0 aliphatic carbocycles. The van der Waals surface area contributed by atoms with Crippen LogP contribution in [0.4, 0.5) is 10.8 Å². The molecule has 2 saturated heterocycles. The lowest BCUT2D eigenvalue weighted by Crippen LogP contribution is -2.52. The molecule has 1 aromatic heterocycles. The molecule has 2 aliphatic rings. The van der Waals surface area contributed by atoms with E-state index in [1.807, 2.05) is 44.2 Å². The molecule has 3 N–H and O–H groups in total. The lowest BCUT2D eigenvalue weighted by atomic mass is 10.00. The van der Waals surface area contributed by atoms with Gasteiger partial charge in [-0.1, -0.05) is 44.2 Å². The van der Waals surface area contributed by atoms with Gasteiger partial charge in [-0.25, -0.2) is 13.2 Å². The second-order valence-corrected chi connectivity index (χ2v) is 14.0. The van der Waals surface area contributed by atoms with E-state index in [-0.39, 0.29) is 55.0 Å². The number of nitrogens with zero attached hydrogens (tertiary/aromatic N) is 2. The Labute approximate surface area is 274 Å². The molecule has 15 heteroatoms. The minimum Gasteiger partial charge on any atom is -0.443 e. The Bertz CT molecular complexity index is 1570.